The summed E-state index contributed by atoms with van der Waals surface area (Å²) in [5.74, 6) is 4.27. The molecule has 0 atom stereocenters. The zero-order valence-corrected chi connectivity index (χ0v) is 11.0. The van der Waals surface area contributed by atoms with Crippen LogP contribution < -0.4 is 21.9 Å². The van der Waals surface area contributed by atoms with E-state index in [0.29, 0.717) is 25.9 Å². The van der Waals surface area contributed by atoms with Crippen molar-refractivity contribution in [2.75, 3.05) is 23.4 Å². The molecule has 0 spiro atoms. The van der Waals surface area contributed by atoms with E-state index in [4.69, 9.17) is 11.6 Å². The molecule has 0 aliphatic carbocycles. The zero-order chi connectivity index (χ0) is 15.6. The van der Waals surface area contributed by atoms with Gasteiger partial charge in [0.25, 0.3) is 0 Å². The predicted molar refractivity (Wildman–Crippen MR) is 69.0 cm³/mol. The van der Waals surface area contributed by atoms with Crippen molar-refractivity contribution in [1.29, 1.82) is 0 Å². The number of amides is 1. The van der Waals surface area contributed by atoms with E-state index in [-0.39, 0.29) is 17.7 Å². The average Bonchev–Trinajstić information content (AvgIpc) is 2.46. The Bertz CT molecular complexity index is 527. The molecule has 10 heteroatoms. The summed E-state index contributed by atoms with van der Waals surface area (Å²) in [5.41, 5.74) is 6.17. The molecule has 1 aromatic heterocycles. The van der Waals surface area contributed by atoms with Crippen LogP contribution in [0.3, 0.4) is 0 Å². The molecular formula is C11H15F3N6O. The molecule has 5 N–H and O–H groups in total. The third kappa shape index (κ3) is 3.51. The second-order valence-corrected chi connectivity index (χ2v) is 4.74. The highest BCUT2D eigenvalue weighted by Gasteiger charge is 2.34. The number of halogens is 3. The fraction of sp³-hybridized carbons (Fsp3) is 0.545. The van der Waals surface area contributed by atoms with Crippen LogP contribution in [-0.2, 0) is 11.0 Å². The van der Waals surface area contributed by atoms with Gasteiger partial charge in [-0.3, -0.25) is 10.2 Å². The maximum atomic E-state index is 12.8. The van der Waals surface area contributed by atoms with Gasteiger partial charge in [-0.2, -0.15) is 18.2 Å². The number of hydrogen-bond acceptors (Lipinski definition) is 6. The molecule has 0 unspecified atom stereocenters. The number of carbonyl (C=O) groups excluding carboxylic acids is 1. The van der Waals surface area contributed by atoms with Crippen LogP contribution in [0.15, 0.2) is 6.07 Å². The highest BCUT2D eigenvalue weighted by molar-refractivity contribution is 5.77. The molecule has 1 fully saturated rings. The molecule has 1 aromatic rings. The van der Waals surface area contributed by atoms with E-state index in [2.05, 4.69) is 9.97 Å². The Morgan fingerprint density at radius 1 is 1.33 bits per heavy atom. The van der Waals surface area contributed by atoms with Gasteiger partial charge < -0.3 is 10.6 Å². The molecule has 1 aliphatic rings. The summed E-state index contributed by atoms with van der Waals surface area (Å²) < 4.78 is 38.3. The Labute approximate surface area is 118 Å². The van der Waals surface area contributed by atoms with E-state index in [1.165, 1.54) is 0 Å². The summed E-state index contributed by atoms with van der Waals surface area (Å²) in [6, 6.07) is 0.867. The molecular weight excluding hydrogens is 289 g/mol. The number of nitrogen functional groups attached to an aromatic ring is 1. The van der Waals surface area contributed by atoms with Crippen LogP contribution in [0.5, 0.6) is 0 Å². The number of rotatable bonds is 3. The highest BCUT2D eigenvalue weighted by atomic mass is 19.4. The molecule has 0 bridgehead atoms. The first kappa shape index (κ1) is 15.3. The van der Waals surface area contributed by atoms with E-state index in [0.717, 1.165) is 6.07 Å². The number of anilines is 2. The number of nitrogens with one attached hydrogen (secondary N) is 1. The topological polar surface area (TPSA) is 110 Å². The van der Waals surface area contributed by atoms with Crippen molar-refractivity contribution in [1.82, 2.24) is 9.97 Å². The molecule has 116 valence electrons. The van der Waals surface area contributed by atoms with Gasteiger partial charge in [0.1, 0.15) is 5.82 Å². The molecule has 1 amide bonds. The summed E-state index contributed by atoms with van der Waals surface area (Å²) in [5, 5.41) is 0. The van der Waals surface area contributed by atoms with Crippen LogP contribution in [-0.4, -0.2) is 29.0 Å². The van der Waals surface area contributed by atoms with E-state index in [1.807, 2.05) is 5.43 Å². The number of hydrogen-bond donors (Lipinski definition) is 3. The number of nitrogens with zero attached hydrogens (tertiary/aromatic N) is 3. The minimum absolute atomic E-state index is 0.119. The van der Waals surface area contributed by atoms with Crippen LogP contribution in [0, 0.1) is 5.92 Å². The third-order valence-electron chi connectivity index (χ3n) is 3.35. The Hall–Kier alpha value is -2.10. The van der Waals surface area contributed by atoms with Crippen molar-refractivity contribution >= 4 is 17.7 Å². The second-order valence-electron chi connectivity index (χ2n) is 4.74. The molecule has 2 heterocycles. The summed E-state index contributed by atoms with van der Waals surface area (Å²) in [7, 11) is 0. The molecule has 0 radical (unpaired) electrons. The van der Waals surface area contributed by atoms with E-state index in [9.17, 15) is 18.0 Å². The van der Waals surface area contributed by atoms with Crippen molar-refractivity contribution in [3.05, 3.63) is 11.8 Å². The average molecular weight is 304 g/mol. The Morgan fingerprint density at radius 3 is 2.43 bits per heavy atom. The third-order valence-corrected chi connectivity index (χ3v) is 3.35. The van der Waals surface area contributed by atoms with Crippen molar-refractivity contribution in [3.8, 4) is 0 Å². The summed E-state index contributed by atoms with van der Waals surface area (Å²) in [6.45, 7) is 0.790. The van der Waals surface area contributed by atoms with Crippen LogP contribution in [0.4, 0.5) is 24.9 Å². The largest absolute Gasteiger partial charge is 0.433 e. The van der Waals surface area contributed by atoms with E-state index in [1.54, 1.807) is 4.90 Å². The predicted octanol–water partition coefficient (Wildman–Crippen LogP) is 0.483. The fourth-order valence-electron chi connectivity index (χ4n) is 2.20. The van der Waals surface area contributed by atoms with Crippen LogP contribution >= 0.6 is 0 Å². The lowest BCUT2D eigenvalue weighted by Crippen LogP contribution is -2.39. The zero-order valence-electron chi connectivity index (χ0n) is 11.0. The Morgan fingerprint density at radius 2 is 1.95 bits per heavy atom. The number of alkyl halides is 3. The fourth-order valence-corrected chi connectivity index (χ4v) is 2.20. The molecule has 0 saturated carbocycles. The van der Waals surface area contributed by atoms with Crippen molar-refractivity contribution in [2.24, 2.45) is 17.5 Å². The van der Waals surface area contributed by atoms with Crippen LogP contribution in [0.2, 0.25) is 0 Å². The number of primary amides is 1. The monoisotopic (exact) mass is 304 g/mol. The standard InChI is InChI=1S/C11H15F3N6O/c12-11(13,14)7-5-8(18-10(17-7)19-16)20-3-1-6(2-4-20)9(15)21/h5-6H,1-4,16H2,(H2,15,21)(H,17,18,19). The first-order valence-corrected chi connectivity index (χ1v) is 6.28. The van der Waals surface area contributed by atoms with Gasteiger partial charge in [-0.15, -0.1) is 0 Å². The number of hydrazine groups is 1. The van der Waals surface area contributed by atoms with Gasteiger partial charge in [-0.1, -0.05) is 0 Å². The van der Waals surface area contributed by atoms with Crippen molar-refractivity contribution in [3.63, 3.8) is 0 Å². The van der Waals surface area contributed by atoms with Gasteiger partial charge in [0.2, 0.25) is 11.9 Å². The lowest BCUT2D eigenvalue weighted by atomic mass is 9.96. The normalized spacial score (nSPS) is 16.9. The van der Waals surface area contributed by atoms with Gasteiger partial charge in [0, 0.05) is 25.1 Å². The minimum Gasteiger partial charge on any atom is -0.369 e. The summed E-state index contributed by atoms with van der Waals surface area (Å²) >= 11 is 0. The Balaban J connectivity index is 2.22. The molecule has 1 saturated heterocycles. The molecule has 21 heavy (non-hydrogen) atoms. The molecule has 7 nitrogen and oxygen atoms in total. The Kier molecular flexibility index (Phi) is 4.16. The molecule has 1 aliphatic heterocycles. The lowest BCUT2D eigenvalue weighted by Gasteiger charge is -2.31. The molecule has 2 rings (SSSR count). The smallest absolute Gasteiger partial charge is 0.369 e. The van der Waals surface area contributed by atoms with Gasteiger partial charge in [0.15, 0.2) is 5.69 Å². The maximum absolute atomic E-state index is 12.8. The number of nitrogens with two attached hydrogens (primary N) is 2. The number of aromatic nitrogens is 2. The summed E-state index contributed by atoms with van der Waals surface area (Å²) in [4.78, 5) is 19.9. The minimum atomic E-state index is -4.59. The second kappa shape index (κ2) is 5.72. The van der Waals surface area contributed by atoms with Gasteiger partial charge in [-0.25, -0.2) is 10.8 Å². The highest BCUT2D eigenvalue weighted by Crippen LogP contribution is 2.31. The van der Waals surface area contributed by atoms with Crippen molar-refractivity contribution < 1.29 is 18.0 Å². The number of piperidine rings is 1. The maximum Gasteiger partial charge on any atom is 0.433 e. The van der Waals surface area contributed by atoms with Crippen LogP contribution in [0.25, 0.3) is 0 Å². The van der Waals surface area contributed by atoms with E-state index >= 15 is 0 Å². The van der Waals surface area contributed by atoms with Gasteiger partial charge in [0.05, 0.1) is 0 Å². The van der Waals surface area contributed by atoms with Gasteiger partial charge in [-0.05, 0) is 12.8 Å². The van der Waals surface area contributed by atoms with Crippen LogP contribution in [0.1, 0.15) is 18.5 Å². The lowest BCUT2D eigenvalue weighted by molar-refractivity contribution is -0.141. The summed E-state index contributed by atoms with van der Waals surface area (Å²) in [6.07, 6.45) is -3.63. The SMILES string of the molecule is NNc1nc(N2CCC(C(N)=O)CC2)cc(C(F)(F)F)n1. The quantitative estimate of drug-likeness (QED) is 0.553. The first-order valence-electron chi connectivity index (χ1n) is 6.28. The number of carbonyl (C=O) groups is 1. The first-order chi connectivity index (χ1) is 9.81. The van der Waals surface area contributed by atoms with Crippen molar-refractivity contribution in [2.45, 2.75) is 19.0 Å². The molecule has 0 aromatic carbocycles. The van der Waals surface area contributed by atoms with E-state index < -0.39 is 17.8 Å². The van der Waals surface area contributed by atoms with Gasteiger partial charge >= 0.3 is 6.18 Å².